The van der Waals surface area contributed by atoms with E-state index in [-0.39, 0.29) is 27.1 Å². The average Bonchev–Trinajstić information content (AvgIpc) is 2.96. The summed E-state index contributed by atoms with van der Waals surface area (Å²) in [6, 6.07) is 0. The number of aliphatic hydroxyl groups excluding tert-OH is 1. The van der Waals surface area contributed by atoms with Crippen molar-refractivity contribution in [3.05, 3.63) is 11.6 Å². The molecule has 8 atom stereocenters. The highest BCUT2D eigenvalue weighted by molar-refractivity contribution is 6.23. The second-order valence-corrected chi connectivity index (χ2v) is 15.8. The van der Waals surface area contributed by atoms with Gasteiger partial charge in [-0.25, -0.2) is 0 Å². The molecule has 8 unspecified atom stereocenters. The molecule has 3 saturated carbocycles. The average molecular weight is 491 g/mol. The molecule has 34 heavy (non-hydrogen) atoms. The van der Waals surface area contributed by atoms with Gasteiger partial charge < -0.3 is 5.11 Å². The summed E-state index contributed by atoms with van der Waals surface area (Å²) in [6.45, 7) is 21.0. The minimum Gasteiger partial charge on any atom is -0.391 e. The highest BCUT2D eigenvalue weighted by Crippen LogP contribution is 2.76. The van der Waals surface area contributed by atoms with Gasteiger partial charge in [-0.05, 0) is 105 Å². The van der Waals surface area contributed by atoms with Crippen LogP contribution in [-0.2, 0) is 4.79 Å². The number of hydrogen-bond donors (Lipinski definition) is 1. The van der Waals surface area contributed by atoms with Crippen molar-refractivity contribution in [1.29, 1.82) is 0 Å². The van der Waals surface area contributed by atoms with E-state index in [2.05, 4.69) is 54.5 Å². The maximum Gasteiger partial charge on any atom is 0.138 e. The first-order chi connectivity index (χ1) is 15.4. The molecule has 3 fully saturated rings. The second-order valence-electron chi connectivity index (χ2n) is 14.8. The zero-order chi connectivity index (χ0) is 25.5. The number of halogens is 1. The molecule has 1 N–H and O–H groups in total. The number of alkyl halides is 1. The van der Waals surface area contributed by atoms with Crippen molar-refractivity contribution in [2.45, 2.75) is 131 Å². The van der Waals surface area contributed by atoms with E-state index >= 15 is 0 Å². The third-order valence-electron chi connectivity index (χ3n) is 13.0. The Morgan fingerprint density at radius 2 is 1.71 bits per heavy atom. The minimum atomic E-state index is -0.569. The molecule has 0 bridgehead atoms. The Morgan fingerprint density at radius 3 is 2.32 bits per heavy atom. The first kappa shape index (κ1) is 26.7. The maximum absolute atomic E-state index is 12.9. The van der Waals surface area contributed by atoms with Crippen LogP contribution in [0.1, 0.15) is 120 Å². The molecule has 4 aliphatic rings. The Bertz CT molecular complexity index is 867. The molecule has 0 aromatic carbocycles. The van der Waals surface area contributed by atoms with E-state index in [0.29, 0.717) is 23.5 Å². The fraction of sp³-hybridized carbons (Fsp3) is 0.903. The SMILES string of the molecule is CC(CCC(O)C(C)(C)Cl)C1(C)CCC2(C)C3=CCC4C(C)(C)C(=O)CCC4(C)C3CCC21C. The van der Waals surface area contributed by atoms with Gasteiger partial charge in [-0.2, -0.15) is 0 Å². The van der Waals surface area contributed by atoms with E-state index in [1.807, 2.05) is 13.8 Å². The fourth-order valence-corrected chi connectivity index (χ4v) is 9.83. The van der Waals surface area contributed by atoms with Gasteiger partial charge in [0.15, 0.2) is 0 Å². The lowest BCUT2D eigenvalue weighted by Crippen LogP contribution is -2.58. The number of Topliss-reactive ketones (excluding diaryl/α,β-unsaturated/α-hetero) is 1. The van der Waals surface area contributed by atoms with Gasteiger partial charge in [-0.15, -0.1) is 11.6 Å². The molecule has 0 aromatic heterocycles. The number of hydrogen-bond acceptors (Lipinski definition) is 2. The van der Waals surface area contributed by atoms with Crippen molar-refractivity contribution < 1.29 is 9.90 Å². The van der Waals surface area contributed by atoms with E-state index in [1.165, 1.54) is 25.7 Å². The predicted molar refractivity (Wildman–Crippen MR) is 143 cm³/mol. The summed E-state index contributed by atoms with van der Waals surface area (Å²) in [7, 11) is 0. The summed E-state index contributed by atoms with van der Waals surface area (Å²) in [5, 5.41) is 10.6. The molecule has 0 amide bonds. The van der Waals surface area contributed by atoms with Crippen LogP contribution in [0, 0.1) is 44.8 Å². The van der Waals surface area contributed by atoms with Crippen LogP contribution in [0.2, 0.25) is 0 Å². The first-order valence-electron chi connectivity index (χ1n) is 14.1. The first-order valence-corrected chi connectivity index (χ1v) is 14.4. The van der Waals surface area contributed by atoms with Crippen molar-refractivity contribution >= 4 is 17.4 Å². The number of carbonyl (C=O) groups is 1. The van der Waals surface area contributed by atoms with Crippen LogP contribution < -0.4 is 0 Å². The highest BCUT2D eigenvalue weighted by atomic mass is 35.5. The third-order valence-corrected chi connectivity index (χ3v) is 13.2. The van der Waals surface area contributed by atoms with Crippen LogP contribution in [-0.4, -0.2) is 21.9 Å². The standard InChI is InChI=1S/C31H51ClO2/c1-20(10-13-25(34)27(4,5)32)29(7)18-19-30(8)22-11-12-23-26(2,3)24(33)15-16-28(23,6)21(22)14-17-31(29,30)9/h11,20-21,23,25,34H,10,12-19H2,1-9H3. The van der Waals surface area contributed by atoms with Crippen LogP contribution in [0.3, 0.4) is 0 Å². The molecule has 0 aromatic rings. The minimum absolute atomic E-state index is 0.202. The van der Waals surface area contributed by atoms with Crippen molar-refractivity contribution in [3.63, 3.8) is 0 Å². The smallest absolute Gasteiger partial charge is 0.138 e. The van der Waals surface area contributed by atoms with Gasteiger partial charge in [0.25, 0.3) is 0 Å². The van der Waals surface area contributed by atoms with Crippen molar-refractivity contribution in [1.82, 2.24) is 0 Å². The zero-order valence-corrected chi connectivity index (χ0v) is 24.2. The molecule has 2 nitrogen and oxygen atoms in total. The Hall–Kier alpha value is -0.340. The van der Waals surface area contributed by atoms with E-state index in [1.54, 1.807) is 5.57 Å². The zero-order valence-electron chi connectivity index (χ0n) is 23.5. The number of allylic oxidation sites excluding steroid dienone is 2. The Labute approximate surface area is 214 Å². The number of ketones is 1. The topological polar surface area (TPSA) is 37.3 Å². The molecule has 4 aliphatic carbocycles. The maximum atomic E-state index is 12.9. The van der Waals surface area contributed by atoms with Gasteiger partial charge in [0.1, 0.15) is 5.78 Å². The van der Waals surface area contributed by atoms with Gasteiger partial charge >= 0.3 is 0 Å². The van der Waals surface area contributed by atoms with Crippen LogP contribution in [0.4, 0.5) is 0 Å². The van der Waals surface area contributed by atoms with Gasteiger partial charge in [-0.1, -0.05) is 60.1 Å². The van der Waals surface area contributed by atoms with Gasteiger partial charge in [0, 0.05) is 11.8 Å². The monoisotopic (exact) mass is 490 g/mol. The Kier molecular flexibility index (Phi) is 6.35. The third kappa shape index (κ3) is 3.47. The van der Waals surface area contributed by atoms with Crippen LogP contribution in [0.25, 0.3) is 0 Å². The Balaban J connectivity index is 1.64. The predicted octanol–water partition coefficient (Wildman–Crippen LogP) is 8.35. The molecule has 4 rings (SSSR count). The van der Waals surface area contributed by atoms with Crippen LogP contribution >= 0.6 is 11.6 Å². The summed E-state index contributed by atoms with van der Waals surface area (Å²) >= 11 is 6.42. The van der Waals surface area contributed by atoms with E-state index < -0.39 is 11.0 Å². The number of aliphatic hydroxyl groups is 1. The van der Waals surface area contributed by atoms with Gasteiger partial charge in [0.05, 0.1) is 11.0 Å². The lowest BCUT2D eigenvalue weighted by atomic mass is 9.39. The lowest BCUT2D eigenvalue weighted by molar-refractivity contribution is -0.147. The number of fused-ring (bicyclic) bond motifs is 5. The van der Waals surface area contributed by atoms with Crippen molar-refractivity contribution in [2.75, 3.05) is 0 Å². The summed E-state index contributed by atoms with van der Waals surface area (Å²) < 4.78 is 0. The quantitative estimate of drug-likeness (QED) is 0.310. The van der Waals surface area contributed by atoms with E-state index in [9.17, 15) is 9.90 Å². The molecule has 0 saturated heterocycles. The summed E-state index contributed by atoms with van der Waals surface area (Å²) in [5.41, 5.74) is 2.51. The molecular formula is C31H51ClO2. The lowest BCUT2D eigenvalue weighted by Gasteiger charge is -2.64. The molecule has 0 heterocycles. The molecule has 194 valence electrons. The summed E-state index contributed by atoms with van der Waals surface area (Å²) in [5.74, 6) is 2.11. The van der Waals surface area contributed by atoms with Crippen LogP contribution in [0.5, 0.6) is 0 Å². The van der Waals surface area contributed by atoms with Crippen molar-refractivity contribution in [3.8, 4) is 0 Å². The molecule has 3 heteroatoms. The van der Waals surface area contributed by atoms with Crippen LogP contribution in [0.15, 0.2) is 11.6 Å². The highest BCUT2D eigenvalue weighted by Gasteiger charge is 2.68. The van der Waals surface area contributed by atoms with Crippen molar-refractivity contribution in [2.24, 2.45) is 44.8 Å². The number of rotatable bonds is 5. The summed E-state index contributed by atoms with van der Waals surface area (Å²) in [4.78, 5) is 12.3. The molecular weight excluding hydrogens is 440 g/mol. The largest absolute Gasteiger partial charge is 0.391 e. The van der Waals surface area contributed by atoms with E-state index in [0.717, 1.165) is 32.1 Å². The summed E-state index contributed by atoms with van der Waals surface area (Å²) in [6.07, 6.45) is 11.9. The fourth-order valence-electron chi connectivity index (χ4n) is 9.73. The second kappa shape index (κ2) is 8.08. The molecule has 0 radical (unpaired) electrons. The van der Waals surface area contributed by atoms with Gasteiger partial charge in [-0.3, -0.25) is 4.79 Å². The number of carbonyl (C=O) groups excluding carboxylic acids is 1. The molecule has 0 spiro atoms. The van der Waals surface area contributed by atoms with E-state index in [4.69, 9.17) is 11.6 Å². The van der Waals surface area contributed by atoms with Gasteiger partial charge in [0.2, 0.25) is 0 Å². The normalized spacial score (nSPS) is 45.6. The molecule has 0 aliphatic heterocycles. The Morgan fingerprint density at radius 1 is 1.06 bits per heavy atom.